The molecule has 0 aliphatic carbocycles. The second kappa shape index (κ2) is 6.44. The number of carbonyl (C=O) groups excluding carboxylic acids is 1. The molecule has 2 N–H and O–H groups in total. The van der Waals surface area contributed by atoms with Crippen LogP contribution >= 0.6 is 0 Å². The minimum atomic E-state index is -1.64. The summed E-state index contributed by atoms with van der Waals surface area (Å²) in [4.78, 5) is 21.4. The van der Waals surface area contributed by atoms with E-state index < -0.39 is 17.5 Å². The number of hydrogen-bond donors (Lipinski definition) is 2. The zero-order valence-corrected chi connectivity index (χ0v) is 10.5. The van der Waals surface area contributed by atoms with Gasteiger partial charge in [-0.25, -0.2) is 4.79 Å². The molecule has 0 aliphatic rings. The van der Waals surface area contributed by atoms with Crippen LogP contribution < -0.4 is 9.47 Å². The molecular weight excluding hydrogens is 252 g/mol. The molecule has 0 aromatic heterocycles. The number of benzene rings is 1. The molecule has 1 aromatic rings. The fraction of sp³-hybridized carbons (Fsp3) is 0.231. The standard InChI is InChI=1S/C13H14O6/c1-3-19-12-6-8(18-2)4-5-9(12)10(14)7-11(15)13(16)17/h4-7,14H,3H2,1-2H3,(H,16,17). The molecule has 0 bridgehead atoms. The molecule has 0 atom stereocenters. The Morgan fingerprint density at radius 1 is 1.32 bits per heavy atom. The van der Waals surface area contributed by atoms with Gasteiger partial charge in [-0.1, -0.05) is 0 Å². The maximum atomic E-state index is 11.0. The first-order valence-electron chi connectivity index (χ1n) is 5.48. The summed E-state index contributed by atoms with van der Waals surface area (Å²) in [7, 11) is 1.48. The van der Waals surface area contributed by atoms with E-state index in [4.69, 9.17) is 14.6 Å². The highest BCUT2D eigenvalue weighted by Crippen LogP contribution is 2.29. The largest absolute Gasteiger partial charge is 0.507 e. The Morgan fingerprint density at radius 3 is 2.53 bits per heavy atom. The number of carboxylic acid groups (broad SMARTS) is 1. The number of carbonyl (C=O) groups is 2. The van der Waals surface area contributed by atoms with Gasteiger partial charge in [-0.05, 0) is 19.1 Å². The van der Waals surface area contributed by atoms with E-state index in [0.717, 1.165) is 0 Å². The lowest BCUT2D eigenvalue weighted by Gasteiger charge is -2.11. The number of ketones is 1. The van der Waals surface area contributed by atoms with Gasteiger partial charge in [0, 0.05) is 12.1 Å². The van der Waals surface area contributed by atoms with E-state index >= 15 is 0 Å². The first-order valence-corrected chi connectivity index (χ1v) is 5.48. The Morgan fingerprint density at radius 2 is 2.00 bits per heavy atom. The monoisotopic (exact) mass is 266 g/mol. The van der Waals surface area contributed by atoms with Crippen LogP contribution in [0.1, 0.15) is 12.5 Å². The third-order valence-electron chi connectivity index (χ3n) is 2.24. The molecule has 0 amide bonds. The zero-order valence-electron chi connectivity index (χ0n) is 10.5. The summed E-state index contributed by atoms with van der Waals surface area (Å²) in [6.07, 6.45) is 0.632. The number of hydrogen-bond acceptors (Lipinski definition) is 5. The van der Waals surface area contributed by atoms with Crippen molar-refractivity contribution in [2.24, 2.45) is 0 Å². The number of carboxylic acids is 1. The van der Waals surface area contributed by atoms with Crippen LogP contribution in [-0.4, -0.2) is 35.7 Å². The Balaban J connectivity index is 3.18. The second-order valence-electron chi connectivity index (χ2n) is 3.49. The van der Waals surface area contributed by atoms with Crippen molar-refractivity contribution in [1.82, 2.24) is 0 Å². The molecule has 1 aromatic carbocycles. The number of aliphatic hydroxyl groups excluding tert-OH is 1. The molecule has 6 heteroatoms. The third-order valence-corrected chi connectivity index (χ3v) is 2.24. The summed E-state index contributed by atoms with van der Waals surface area (Å²) in [6.45, 7) is 2.10. The van der Waals surface area contributed by atoms with Gasteiger partial charge >= 0.3 is 5.97 Å². The molecule has 6 nitrogen and oxygen atoms in total. The molecule has 0 saturated heterocycles. The van der Waals surface area contributed by atoms with Crippen molar-refractivity contribution in [3.63, 3.8) is 0 Å². The molecule has 0 unspecified atom stereocenters. The highest BCUT2D eigenvalue weighted by molar-refractivity contribution is 6.38. The molecule has 0 aliphatic heterocycles. The first-order chi connectivity index (χ1) is 8.99. The van der Waals surface area contributed by atoms with Crippen molar-refractivity contribution in [2.75, 3.05) is 13.7 Å². The molecule has 1 rings (SSSR count). The molecule has 102 valence electrons. The SMILES string of the molecule is CCOc1cc(OC)ccc1C(O)=CC(=O)C(=O)O. The van der Waals surface area contributed by atoms with E-state index in [-0.39, 0.29) is 5.56 Å². The minimum Gasteiger partial charge on any atom is -0.507 e. The average molecular weight is 266 g/mol. The Hall–Kier alpha value is -2.50. The minimum absolute atomic E-state index is 0.220. The first kappa shape index (κ1) is 14.6. The number of methoxy groups -OCH3 is 1. The van der Waals surface area contributed by atoms with E-state index in [1.807, 2.05) is 0 Å². The van der Waals surface area contributed by atoms with Crippen LogP contribution in [0.15, 0.2) is 24.3 Å². The van der Waals surface area contributed by atoms with Crippen LogP contribution in [0.25, 0.3) is 5.76 Å². The molecule has 0 radical (unpaired) electrons. The van der Waals surface area contributed by atoms with Gasteiger partial charge in [-0.3, -0.25) is 4.79 Å². The van der Waals surface area contributed by atoms with Crippen molar-refractivity contribution in [2.45, 2.75) is 6.92 Å². The molecule has 0 heterocycles. The van der Waals surface area contributed by atoms with Crippen LogP contribution in [-0.2, 0) is 9.59 Å². The van der Waals surface area contributed by atoms with E-state index in [1.54, 1.807) is 13.0 Å². The maximum Gasteiger partial charge on any atom is 0.376 e. The quantitative estimate of drug-likeness (QED) is 0.462. The van der Waals surface area contributed by atoms with Crippen molar-refractivity contribution in [3.05, 3.63) is 29.8 Å². The summed E-state index contributed by atoms with van der Waals surface area (Å²) in [6, 6.07) is 4.58. The van der Waals surface area contributed by atoms with Gasteiger partial charge in [-0.15, -0.1) is 0 Å². The second-order valence-corrected chi connectivity index (χ2v) is 3.49. The van der Waals surface area contributed by atoms with Crippen LogP contribution in [0.2, 0.25) is 0 Å². The molecule has 0 saturated carbocycles. The topological polar surface area (TPSA) is 93.1 Å². The number of aliphatic hydroxyl groups is 1. The van der Waals surface area contributed by atoms with Crippen molar-refractivity contribution in [3.8, 4) is 11.5 Å². The smallest absolute Gasteiger partial charge is 0.376 e. The molecular formula is C13H14O6. The van der Waals surface area contributed by atoms with E-state index in [9.17, 15) is 14.7 Å². The molecule has 19 heavy (non-hydrogen) atoms. The van der Waals surface area contributed by atoms with Gasteiger partial charge in [-0.2, -0.15) is 0 Å². The Labute approximate surface area is 109 Å². The highest BCUT2D eigenvalue weighted by Gasteiger charge is 2.14. The number of rotatable bonds is 6. The Bertz CT molecular complexity index is 518. The predicted octanol–water partition coefficient (Wildman–Crippen LogP) is 1.65. The van der Waals surface area contributed by atoms with Crippen molar-refractivity contribution in [1.29, 1.82) is 0 Å². The van der Waals surface area contributed by atoms with Crippen LogP contribution in [0, 0.1) is 0 Å². The fourth-order valence-electron chi connectivity index (χ4n) is 1.38. The zero-order chi connectivity index (χ0) is 14.4. The van der Waals surface area contributed by atoms with E-state index in [1.165, 1.54) is 19.2 Å². The summed E-state index contributed by atoms with van der Waals surface area (Å²) in [5.41, 5.74) is 0.220. The lowest BCUT2D eigenvalue weighted by Crippen LogP contribution is -2.09. The normalized spacial score (nSPS) is 10.9. The van der Waals surface area contributed by atoms with Crippen molar-refractivity contribution < 1.29 is 29.3 Å². The van der Waals surface area contributed by atoms with Gasteiger partial charge in [0.05, 0.1) is 19.3 Å². The number of ether oxygens (including phenoxy) is 2. The lowest BCUT2D eigenvalue weighted by atomic mass is 10.1. The van der Waals surface area contributed by atoms with Gasteiger partial charge < -0.3 is 19.7 Å². The summed E-state index contributed by atoms with van der Waals surface area (Å²) < 4.78 is 10.3. The van der Waals surface area contributed by atoms with Gasteiger partial charge in [0.1, 0.15) is 17.3 Å². The highest BCUT2D eigenvalue weighted by atomic mass is 16.5. The van der Waals surface area contributed by atoms with Crippen LogP contribution in [0.3, 0.4) is 0 Å². The van der Waals surface area contributed by atoms with E-state index in [2.05, 4.69) is 0 Å². The Kier molecular flexibility index (Phi) is 4.93. The average Bonchev–Trinajstić information content (AvgIpc) is 2.38. The van der Waals surface area contributed by atoms with E-state index in [0.29, 0.717) is 24.2 Å². The maximum absolute atomic E-state index is 11.0. The molecule has 0 spiro atoms. The summed E-state index contributed by atoms with van der Waals surface area (Å²) in [5.74, 6) is -2.51. The van der Waals surface area contributed by atoms with Crippen LogP contribution in [0.5, 0.6) is 11.5 Å². The van der Waals surface area contributed by atoms with Gasteiger partial charge in [0.2, 0.25) is 0 Å². The van der Waals surface area contributed by atoms with Crippen molar-refractivity contribution >= 4 is 17.5 Å². The van der Waals surface area contributed by atoms with Crippen LogP contribution in [0.4, 0.5) is 0 Å². The van der Waals surface area contributed by atoms with Gasteiger partial charge in [0.25, 0.3) is 5.78 Å². The lowest BCUT2D eigenvalue weighted by molar-refractivity contribution is -0.146. The summed E-state index contributed by atoms with van der Waals surface area (Å²) in [5, 5.41) is 18.2. The summed E-state index contributed by atoms with van der Waals surface area (Å²) >= 11 is 0. The van der Waals surface area contributed by atoms with Gasteiger partial charge in [0.15, 0.2) is 0 Å². The predicted molar refractivity (Wildman–Crippen MR) is 67.4 cm³/mol. The fourth-order valence-corrected chi connectivity index (χ4v) is 1.38. The third kappa shape index (κ3) is 3.74. The molecule has 0 fully saturated rings. The number of aliphatic carboxylic acids is 1.